The molecule has 1 aromatic carbocycles. The van der Waals surface area contributed by atoms with Gasteiger partial charge in [-0.3, -0.25) is 14.8 Å². The summed E-state index contributed by atoms with van der Waals surface area (Å²) < 4.78 is 1.48. The molecule has 3 heterocycles. The van der Waals surface area contributed by atoms with E-state index < -0.39 is 5.69 Å². The number of aromatic nitrogens is 2. The van der Waals surface area contributed by atoms with Crippen molar-refractivity contribution < 1.29 is 4.79 Å². The minimum absolute atomic E-state index is 0.245. The number of amides is 2. The van der Waals surface area contributed by atoms with Gasteiger partial charge in [-0.05, 0) is 54.5 Å². The average molecular weight is 424 g/mol. The minimum atomic E-state index is -0.430. The predicted octanol–water partition coefficient (Wildman–Crippen LogP) is 0.434. The monoisotopic (exact) mass is 423 g/mol. The Morgan fingerprint density at radius 2 is 1.87 bits per heavy atom. The molecule has 1 unspecified atom stereocenters. The lowest BCUT2D eigenvalue weighted by Crippen LogP contribution is -2.34. The largest absolute Gasteiger partial charge is 0.354 e. The molecule has 3 aliphatic rings. The van der Waals surface area contributed by atoms with E-state index in [1.54, 1.807) is 17.2 Å². The van der Waals surface area contributed by atoms with Crippen LogP contribution in [-0.2, 0) is 6.54 Å². The van der Waals surface area contributed by atoms with Crippen molar-refractivity contribution in [2.75, 3.05) is 38.0 Å². The normalized spacial score (nSPS) is 27.4. The zero-order valence-corrected chi connectivity index (χ0v) is 17.5. The van der Waals surface area contributed by atoms with Crippen LogP contribution in [0.1, 0.15) is 12.0 Å². The fraction of sp³-hybridized carbons (Fsp3) is 0.500. The van der Waals surface area contributed by atoms with E-state index in [9.17, 15) is 9.59 Å². The van der Waals surface area contributed by atoms with E-state index >= 15 is 0 Å². The van der Waals surface area contributed by atoms with E-state index in [0.717, 1.165) is 31.7 Å². The summed E-state index contributed by atoms with van der Waals surface area (Å²) in [7, 11) is 0. The van der Waals surface area contributed by atoms with E-state index in [1.807, 2.05) is 24.3 Å². The molecule has 2 saturated heterocycles. The molecule has 4 atom stereocenters. The molecule has 31 heavy (non-hydrogen) atoms. The first-order chi connectivity index (χ1) is 15.0. The molecule has 2 amide bonds. The summed E-state index contributed by atoms with van der Waals surface area (Å²) in [5.41, 5.74) is 13.2. The third-order valence-corrected chi connectivity index (χ3v) is 6.90. The van der Waals surface area contributed by atoms with Gasteiger partial charge in [0.05, 0.1) is 5.69 Å². The molecule has 3 fully saturated rings. The number of anilines is 1. The number of rotatable bonds is 5. The molecule has 5 rings (SSSR count). The number of nitrogens with zero attached hydrogens (tertiary/aromatic N) is 4. The summed E-state index contributed by atoms with van der Waals surface area (Å²) in [6.07, 6.45) is 2.55. The fourth-order valence-electron chi connectivity index (χ4n) is 4.88. The van der Waals surface area contributed by atoms with Gasteiger partial charge in [-0.15, -0.1) is 0 Å². The van der Waals surface area contributed by atoms with Gasteiger partial charge in [0.25, 0.3) is 0 Å². The maximum atomic E-state index is 12.5. The number of nitrogens with one attached hydrogen (secondary N) is 1. The molecule has 0 spiro atoms. The molecule has 1 saturated carbocycles. The highest BCUT2D eigenvalue weighted by Crippen LogP contribution is 2.44. The van der Waals surface area contributed by atoms with E-state index in [1.165, 1.54) is 10.1 Å². The number of hydrogen-bond donors (Lipinski definition) is 3. The zero-order valence-electron chi connectivity index (χ0n) is 17.5. The predicted molar refractivity (Wildman–Crippen MR) is 118 cm³/mol. The van der Waals surface area contributed by atoms with Gasteiger partial charge in [-0.25, -0.2) is 9.59 Å². The number of fused-ring (bicyclic) bond motifs is 1. The van der Waals surface area contributed by atoms with Crippen molar-refractivity contribution in [2.24, 2.45) is 29.2 Å². The van der Waals surface area contributed by atoms with Crippen LogP contribution in [0.5, 0.6) is 0 Å². The van der Waals surface area contributed by atoms with Gasteiger partial charge in [0.1, 0.15) is 5.82 Å². The summed E-state index contributed by atoms with van der Waals surface area (Å²) in [5, 5.41) is 2.71. The second-order valence-corrected chi connectivity index (χ2v) is 9.00. The molecule has 1 aliphatic carbocycles. The molecule has 5 N–H and O–H groups in total. The van der Waals surface area contributed by atoms with Gasteiger partial charge in [0.2, 0.25) is 0 Å². The van der Waals surface area contributed by atoms with Crippen molar-refractivity contribution in [3.63, 3.8) is 0 Å². The lowest BCUT2D eigenvalue weighted by atomic mass is 10.1. The Labute approximate surface area is 181 Å². The number of benzene rings is 1. The van der Waals surface area contributed by atoms with Crippen molar-refractivity contribution in [1.29, 1.82) is 0 Å². The van der Waals surface area contributed by atoms with Crippen LogP contribution in [0.25, 0.3) is 5.69 Å². The van der Waals surface area contributed by atoms with Crippen LogP contribution < -0.4 is 22.5 Å². The molecule has 9 nitrogen and oxygen atoms in total. The number of urea groups is 1. The summed E-state index contributed by atoms with van der Waals surface area (Å²) in [6, 6.07) is 9.75. The molecule has 0 radical (unpaired) electrons. The van der Waals surface area contributed by atoms with E-state index in [-0.39, 0.29) is 11.8 Å². The van der Waals surface area contributed by atoms with Crippen LogP contribution >= 0.6 is 0 Å². The van der Waals surface area contributed by atoms with E-state index in [2.05, 4.69) is 15.2 Å². The summed E-state index contributed by atoms with van der Waals surface area (Å²) in [5.74, 6) is 1.94. The summed E-state index contributed by atoms with van der Waals surface area (Å²) in [4.78, 5) is 33.1. The molecule has 9 heteroatoms. The summed E-state index contributed by atoms with van der Waals surface area (Å²) in [6.45, 7) is 4.94. The molecule has 2 aromatic rings. The molecule has 0 bridgehead atoms. The van der Waals surface area contributed by atoms with Crippen LogP contribution in [0.2, 0.25) is 0 Å². The smallest absolute Gasteiger partial charge is 0.330 e. The van der Waals surface area contributed by atoms with Crippen molar-refractivity contribution in [2.45, 2.75) is 19.0 Å². The molecule has 1 aromatic heterocycles. The number of likely N-dealkylation sites (tertiary alicyclic amines) is 2. The lowest BCUT2D eigenvalue weighted by Gasteiger charge is -2.19. The van der Waals surface area contributed by atoms with Gasteiger partial charge in [0, 0.05) is 45.0 Å². The summed E-state index contributed by atoms with van der Waals surface area (Å²) >= 11 is 0. The van der Waals surface area contributed by atoms with Crippen LogP contribution in [0.4, 0.5) is 10.6 Å². The lowest BCUT2D eigenvalue weighted by molar-refractivity contribution is 0.221. The topological polar surface area (TPSA) is 123 Å². The quantitative estimate of drug-likeness (QED) is 0.641. The van der Waals surface area contributed by atoms with Crippen LogP contribution in [0.3, 0.4) is 0 Å². The first-order valence-corrected chi connectivity index (χ1v) is 10.9. The van der Waals surface area contributed by atoms with Gasteiger partial charge < -0.3 is 16.4 Å². The molecule has 164 valence electrons. The van der Waals surface area contributed by atoms with Crippen molar-refractivity contribution in [3.05, 3.63) is 52.6 Å². The van der Waals surface area contributed by atoms with Gasteiger partial charge >= 0.3 is 11.7 Å². The first kappa shape index (κ1) is 20.2. The number of carbonyl (C=O) groups excluding carboxylic acids is 1. The van der Waals surface area contributed by atoms with Crippen molar-refractivity contribution >= 4 is 11.8 Å². The van der Waals surface area contributed by atoms with Gasteiger partial charge in [-0.2, -0.15) is 4.98 Å². The maximum Gasteiger partial charge on any atom is 0.354 e. The number of piperidine rings is 1. The minimum Gasteiger partial charge on any atom is -0.330 e. The second-order valence-electron chi connectivity index (χ2n) is 9.00. The second kappa shape index (κ2) is 8.07. The van der Waals surface area contributed by atoms with E-state index in [4.69, 9.17) is 11.5 Å². The van der Waals surface area contributed by atoms with Crippen molar-refractivity contribution in [3.8, 4) is 5.69 Å². The fourth-order valence-corrected chi connectivity index (χ4v) is 4.88. The van der Waals surface area contributed by atoms with Crippen molar-refractivity contribution in [1.82, 2.24) is 19.4 Å². The molecule has 2 aliphatic heterocycles. The Kier molecular flexibility index (Phi) is 5.25. The highest BCUT2D eigenvalue weighted by molar-refractivity contribution is 5.88. The SMILES string of the molecule is NCC1CCN(C(=O)Nc2ccn(-c3ccc(CN4C[C@@H]5[C@@H](N)[C@@H]5C4)cc3)c(=O)n2)C1. The van der Waals surface area contributed by atoms with Crippen LogP contribution in [0.15, 0.2) is 41.3 Å². The van der Waals surface area contributed by atoms with Crippen LogP contribution in [-0.4, -0.2) is 64.1 Å². The van der Waals surface area contributed by atoms with Gasteiger partial charge in [0.15, 0.2) is 0 Å². The van der Waals surface area contributed by atoms with E-state index in [0.29, 0.717) is 43.4 Å². The highest BCUT2D eigenvalue weighted by Gasteiger charge is 2.53. The Morgan fingerprint density at radius 3 is 2.52 bits per heavy atom. The standard InChI is InChI=1S/C22H29N7O2/c23-9-15-5-7-28(11-15)21(30)25-19-6-8-29(22(31)26-19)16-3-1-14(2-4-16)10-27-12-17-18(13-27)20(17)24/h1-4,6,8,15,17-18,20H,5,7,9-13,23-24H2,(H,25,26,30,31)/t15?,17-,18+,20+. The number of hydrogen-bond acceptors (Lipinski definition) is 6. The average Bonchev–Trinajstić information content (AvgIpc) is 3.16. The molecular formula is C22H29N7O2. The van der Waals surface area contributed by atoms with Crippen LogP contribution in [0, 0.1) is 17.8 Å². The third kappa shape index (κ3) is 4.08. The third-order valence-electron chi connectivity index (χ3n) is 6.90. The molecular weight excluding hydrogens is 394 g/mol. The Hall–Kier alpha value is -2.75. The highest BCUT2D eigenvalue weighted by atomic mass is 16.2. The number of carbonyl (C=O) groups is 1. The zero-order chi connectivity index (χ0) is 21.5. The Bertz CT molecular complexity index is 1010. The Balaban J connectivity index is 1.20. The maximum absolute atomic E-state index is 12.5. The first-order valence-electron chi connectivity index (χ1n) is 10.9. The number of nitrogens with two attached hydrogens (primary N) is 2. The van der Waals surface area contributed by atoms with Gasteiger partial charge in [-0.1, -0.05) is 12.1 Å². The Morgan fingerprint density at radius 1 is 1.13 bits per heavy atom.